The van der Waals surface area contributed by atoms with Gasteiger partial charge in [-0.25, -0.2) is 17.9 Å². The van der Waals surface area contributed by atoms with Gasteiger partial charge in [0.1, 0.15) is 5.82 Å². The molecule has 0 aliphatic carbocycles. The summed E-state index contributed by atoms with van der Waals surface area (Å²) in [6.07, 6.45) is -4.87. The molecule has 1 aromatic carbocycles. The van der Waals surface area contributed by atoms with E-state index in [-0.39, 0.29) is 6.07 Å². The zero-order valence-electron chi connectivity index (χ0n) is 7.35. The highest BCUT2D eigenvalue weighted by Crippen LogP contribution is 2.38. The van der Waals surface area contributed by atoms with Gasteiger partial charge >= 0.3 is 6.18 Å². The molecular weight excluding hydrogens is 318 g/mol. The summed E-state index contributed by atoms with van der Waals surface area (Å²) in [5, 5.41) is 4.65. The minimum Gasteiger partial charge on any atom is -0.225 e. The van der Waals surface area contributed by atoms with Gasteiger partial charge in [0.15, 0.2) is 0 Å². The summed E-state index contributed by atoms with van der Waals surface area (Å²) >= 11 is 2.44. The second-order valence-corrected chi connectivity index (χ2v) is 5.13. The lowest BCUT2D eigenvalue weighted by Gasteiger charge is -2.11. The first kappa shape index (κ1) is 13.4. The minimum absolute atomic E-state index is 0.179. The van der Waals surface area contributed by atoms with Crippen molar-refractivity contribution in [1.29, 1.82) is 0 Å². The van der Waals surface area contributed by atoms with E-state index >= 15 is 0 Å². The van der Waals surface area contributed by atoms with Gasteiger partial charge in [-0.2, -0.15) is 13.2 Å². The van der Waals surface area contributed by atoms with Gasteiger partial charge in [0.2, 0.25) is 10.0 Å². The topological polar surface area (TPSA) is 60.2 Å². The number of primary sulfonamides is 1. The Labute approximate surface area is 96.4 Å². The van der Waals surface area contributed by atoms with E-state index in [9.17, 15) is 26.0 Å². The van der Waals surface area contributed by atoms with Crippen molar-refractivity contribution >= 4 is 26.0 Å². The molecule has 0 saturated heterocycles. The maximum Gasteiger partial charge on any atom is 0.417 e. The zero-order chi connectivity index (χ0) is 12.7. The standard InChI is InChI=1S/C7H4BrF4NO2S/c8-6-4(7(10,11)12)1-3(9)2-5(6)16(13,14)15/h1-2H,(H2,13,14,15). The molecule has 2 N–H and O–H groups in total. The van der Waals surface area contributed by atoms with E-state index in [2.05, 4.69) is 21.1 Å². The number of halogens is 5. The van der Waals surface area contributed by atoms with Crippen LogP contribution in [0.15, 0.2) is 21.5 Å². The number of nitrogens with two attached hydrogens (primary N) is 1. The van der Waals surface area contributed by atoms with Crippen LogP contribution in [0.5, 0.6) is 0 Å². The van der Waals surface area contributed by atoms with Gasteiger partial charge in [-0.1, -0.05) is 0 Å². The van der Waals surface area contributed by atoms with Crippen LogP contribution in [-0.2, 0) is 16.2 Å². The van der Waals surface area contributed by atoms with Crippen molar-refractivity contribution in [2.45, 2.75) is 11.1 Å². The van der Waals surface area contributed by atoms with E-state index in [4.69, 9.17) is 0 Å². The molecule has 3 nitrogen and oxygen atoms in total. The Morgan fingerprint density at radius 2 is 1.75 bits per heavy atom. The molecule has 0 aliphatic rings. The smallest absolute Gasteiger partial charge is 0.225 e. The van der Waals surface area contributed by atoms with Crippen LogP contribution in [0.2, 0.25) is 0 Å². The lowest BCUT2D eigenvalue weighted by atomic mass is 10.2. The molecule has 0 atom stereocenters. The third-order valence-corrected chi connectivity index (χ3v) is 3.67. The molecule has 0 aromatic heterocycles. The Kier molecular flexibility index (Phi) is 3.32. The average Bonchev–Trinajstić information content (AvgIpc) is 2.04. The van der Waals surface area contributed by atoms with E-state index in [1.165, 1.54) is 0 Å². The Hall–Kier alpha value is -0.670. The van der Waals surface area contributed by atoms with Crippen molar-refractivity contribution in [1.82, 2.24) is 0 Å². The van der Waals surface area contributed by atoms with Gasteiger partial charge in [-0.05, 0) is 28.1 Å². The SMILES string of the molecule is NS(=O)(=O)c1cc(F)cc(C(F)(F)F)c1Br. The molecule has 90 valence electrons. The Balaban J connectivity index is 3.64. The number of alkyl halides is 3. The van der Waals surface area contributed by atoms with E-state index in [1.807, 2.05) is 0 Å². The van der Waals surface area contributed by atoms with Crippen LogP contribution in [0.3, 0.4) is 0 Å². The first-order chi connectivity index (χ1) is 7.03. The molecule has 0 aliphatic heterocycles. The van der Waals surface area contributed by atoms with Gasteiger partial charge in [0.25, 0.3) is 0 Å². The van der Waals surface area contributed by atoms with E-state index in [0.29, 0.717) is 6.07 Å². The summed E-state index contributed by atoms with van der Waals surface area (Å²) in [5.41, 5.74) is -1.43. The molecule has 1 rings (SSSR count). The van der Waals surface area contributed by atoms with Gasteiger partial charge < -0.3 is 0 Å². The summed E-state index contributed by atoms with van der Waals surface area (Å²) in [6, 6.07) is 0.591. The van der Waals surface area contributed by atoms with Gasteiger partial charge in [-0.3, -0.25) is 0 Å². The molecule has 0 heterocycles. The fourth-order valence-corrected chi connectivity index (χ4v) is 2.74. The number of rotatable bonds is 1. The fourth-order valence-electron chi connectivity index (χ4n) is 0.978. The normalized spacial score (nSPS) is 12.9. The van der Waals surface area contributed by atoms with Crippen LogP contribution in [0.1, 0.15) is 5.56 Å². The van der Waals surface area contributed by atoms with Crippen LogP contribution in [0.25, 0.3) is 0 Å². The van der Waals surface area contributed by atoms with Crippen LogP contribution in [0.4, 0.5) is 17.6 Å². The second kappa shape index (κ2) is 3.97. The third-order valence-electron chi connectivity index (χ3n) is 1.62. The molecule has 0 spiro atoms. The predicted molar refractivity (Wildman–Crippen MR) is 50.5 cm³/mol. The molecule has 0 unspecified atom stereocenters. The fraction of sp³-hybridized carbons (Fsp3) is 0.143. The molecule has 0 amide bonds. The summed E-state index contributed by atoms with van der Waals surface area (Å²) in [4.78, 5) is -0.945. The van der Waals surface area contributed by atoms with Crippen LogP contribution in [-0.4, -0.2) is 8.42 Å². The van der Waals surface area contributed by atoms with Crippen molar-refractivity contribution in [3.05, 3.63) is 28.0 Å². The summed E-state index contributed by atoms with van der Waals surface area (Å²) in [6.45, 7) is 0. The number of hydrogen-bond acceptors (Lipinski definition) is 2. The van der Waals surface area contributed by atoms with Crippen LogP contribution < -0.4 is 5.14 Å². The molecule has 0 radical (unpaired) electrons. The molecular formula is C7H4BrF4NO2S. The lowest BCUT2D eigenvalue weighted by molar-refractivity contribution is -0.138. The number of hydrogen-bond donors (Lipinski definition) is 1. The van der Waals surface area contributed by atoms with Crippen molar-refractivity contribution in [3.8, 4) is 0 Å². The molecule has 9 heteroatoms. The van der Waals surface area contributed by atoms with Crippen molar-refractivity contribution in [2.24, 2.45) is 5.14 Å². The van der Waals surface area contributed by atoms with Gasteiger partial charge in [0.05, 0.1) is 10.5 Å². The van der Waals surface area contributed by atoms with Crippen LogP contribution in [0, 0.1) is 5.82 Å². The van der Waals surface area contributed by atoms with Crippen LogP contribution >= 0.6 is 15.9 Å². The van der Waals surface area contributed by atoms with Gasteiger partial charge in [0, 0.05) is 4.47 Å². The highest BCUT2D eigenvalue weighted by molar-refractivity contribution is 9.10. The summed E-state index contributed by atoms with van der Waals surface area (Å²) in [5.74, 6) is -1.33. The van der Waals surface area contributed by atoms with Crippen molar-refractivity contribution in [3.63, 3.8) is 0 Å². The van der Waals surface area contributed by atoms with Crippen molar-refractivity contribution in [2.75, 3.05) is 0 Å². The Bertz CT molecular complexity index is 526. The zero-order valence-corrected chi connectivity index (χ0v) is 9.75. The monoisotopic (exact) mass is 321 g/mol. The summed E-state index contributed by atoms with van der Waals surface area (Å²) < 4.78 is 70.9. The van der Waals surface area contributed by atoms with E-state index < -0.39 is 36.9 Å². The Morgan fingerprint density at radius 3 is 2.12 bits per heavy atom. The van der Waals surface area contributed by atoms with E-state index in [0.717, 1.165) is 0 Å². The summed E-state index contributed by atoms with van der Waals surface area (Å²) in [7, 11) is -4.43. The quantitative estimate of drug-likeness (QED) is 0.806. The maximum atomic E-state index is 12.8. The van der Waals surface area contributed by atoms with Crippen molar-refractivity contribution < 1.29 is 26.0 Å². The first-order valence-electron chi connectivity index (χ1n) is 3.62. The number of sulfonamides is 1. The number of benzene rings is 1. The molecule has 1 aromatic rings. The van der Waals surface area contributed by atoms with E-state index in [1.54, 1.807) is 0 Å². The maximum absolute atomic E-state index is 12.8. The van der Waals surface area contributed by atoms with Gasteiger partial charge in [-0.15, -0.1) is 0 Å². The molecule has 0 saturated carbocycles. The molecule has 0 bridgehead atoms. The Morgan fingerprint density at radius 1 is 1.25 bits per heavy atom. The highest BCUT2D eigenvalue weighted by Gasteiger charge is 2.36. The third kappa shape index (κ3) is 2.71. The lowest BCUT2D eigenvalue weighted by Crippen LogP contribution is -2.16. The first-order valence-corrected chi connectivity index (χ1v) is 5.96. The molecule has 0 fully saturated rings. The predicted octanol–water partition coefficient (Wildman–Crippen LogP) is 2.25. The average molecular weight is 322 g/mol. The highest BCUT2D eigenvalue weighted by atomic mass is 79.9. The largest absolute Gasteiger partial charge is 0.417 e. The second-order valence-electron chi connectivity index (χ2n) is 2.81. The minimum atomic E-state index is -4.87. The molecule has 16 heavy (non-hydrogen) atoms.